The minimum atomic E-state index is -0.828. The van der Waals surface area contributed by atoms with Crippen LogP contribution in [-0.4, -0.2) is 31.9 Å². The Morgan fingerprint density at radius 3 is 1.67 bits per heavy atom. The lowest BCUT2D eigenvalue weighted by molar-refractivity contribution is 0.0470. The van der Waals surface area contributed by atoms with Gasteiger partial charge < -0.3 is 33.0 Å². The van der Waals surface area contributed by atoms with Crippen molar-refractivity contribution >= 4 is 16.9 Å². The van der Waals surface area contributed by atoms with Crippen molar-refractivity contribution in [2.24, 2.45) is 0 Å². The molecule has 1 heterocycles. The first-order valence-electron chi connectivity index (χ1n) is 14.6. The molecule has 0 radical (unpaired) electrons. The zero-order valence-electron chi connectivity index (χ0n) is 26.0. The first-order valence-corrected chi connectivity index (χ1v) is 14.6. The summed E-state index contributed by atoms with van der Waals surface area (Å²) in [6.07, 6.45) is 1.31. The predicted octanol–water partition coefficient (Wildman–Crippen LogP) is 6.70. The maximum absolute atomic E-state index is 16.4. The van der Waals surface area contributed by atoms with E-state index in [1.54, 1.807) is 76.8 Å². The number of hydrogen-bond donors (Lipinski definition) is 0. The second-order valence-corrected chi connectivity index (χ2v) is 10.3. The highest BCUT2D eigenvalue weighted by atomic mass is 19.1. The summed E-state index contributed by atoms with van der Waals surface area (Å²) >= 11 is 0. The Labute approximate surface area is 265 Å². The summed E-state index contributed by atoms with van der Waals surface area (Å²) in [4.78, 5) is 26.9. The Morgan fingerprint density at radius 2 is 1.20 bits per heavy atom. The van der Waals surface area contributed by atoms with E-state index in [-0.39, 0.29) is 54.3 Å². The van der Waals surface area contributed by atoms with E-state index in [9.17, 15) is 9.59 Å². The summed E-state index contributed by atoms with van der Waals surface area (Å²) in [5.41, 5.74) is 1.34. The van der Waals surface area contributed by atoms with Crippen molar-refractivity contribution in [3.05, 3.63) is 123 Å². The average molecular weight is 628 g/mol. The molecular formula is C36H34FNO8. The summed E-state index contributed by atoms with van der Waals surface area (Å²) in [6.45, 7) is 2.06. The van der Waals surface area contributed by atoms with E-state index in [0.717, 1.165) is 11.1 Å². The molecule has 0 saturated heterocycles. The van der Waals surface area contributed by atoms with Gasteiger partial charge in [0.2, 0.25) is 5.43 Å². The van der Waals surface area contributed by atoms with Crippen LogP contribution in [0.3, 0.4) is 0 Å². The monoisotopic (exact) mass is 627 g/mol. The van der Waals surface area contributed by atoms with Gasteiger partial charge in [-0.25, -0.2) is 9.18 Å². The Bertz CT molecular complexity index is 1870. The van der Waals surface area contributed by atoms with Crippen LogP contribution in [0.2, 0.25) is 0 Å². The fraction of sp³-hybridized carbons (Fsp3) is 0.222. The Morgan fingerprint density at radius 1 is 0.717 bits per heavy atom. The topological polar surface area (TPSA) is 94.5 Å². The fourth-order valence-corrected chi connectivity index (χ4v) is 4.82. The van der Waals surface area contributed by atoms with Crippen LogP contribution in [0.4, 0.5) is 4.39 Å². The minimum Gasteiger partial charge on any atom is -0.497 e. The number of hydrogen-bond acceptors (Lipinski definition) is 8. The number of carbonyl (C=O) groups is 1. The molecule has 10 heteroatoms. The Kier molecular flexibility index (Phi) is 10.1. The molecular weight excluding hydrogens is 593 g/mol. The van der Waals surface area contributed by atoms with Gasteiger partial charge in [0.25, 0.3) is 0 Å². The summed E-state index contributed by atoms with van der Waals surface area (Å²) in [6, 6.07) is 22.8. The van der Waals surface area contributed by atoms with Gasteiger partial charge >= 0.3 is 5.97 Å². The van der Waals surface area contributed by atoms with Gasteiger partial charge in [-0.3, -0.25) is 4.79 Å². The number of aromatic nitrogens is 1. The van der Waals surface area contributed by atoms with Crippen molar-refractivity contribution in [3.63, 3.8) is 0 Å². The molecule has 9 nitrogen and oxygen atoms in total. The van der Waals surface area contributed by atoms with Crippen molar-refractivity contribution in [1.82, 2.24) is 4.57 Å². The standard InChI is InChI=1S/C36H34FNO8/c1-5-38-19-30(36(40)46-22-25-10-16-28(43-4)17-11-25)34(39)29-18-31(44-20-23-6-12-26(41-2)13-7-23)35(32(37)33(29)38)45-21-24-8-14-27(42-3)15-9-24/h6-19H,5,20-22H2,1-4H3. The number of carbonyl (C=O) groups excluding carboxylic acids is 1. The summed E-state index contributed by atoms with van der Waals surface area (Å²) in [7, 11) is 4.70. The Balaban J connectivity index is 1.51. The highest BCUT2D eigenvalue weighted by Crippen LogP contribution is 2.37. The Hall–Kier alpha value is -5.51. The molecule has 0 fully saturated rings. The second kappa shape index (κ2) is 14.5. The lowest BCUT2D eigenvalue weighted by atomic mass is 10.1. The van der Waals surface area contributed by atoms with Gasteiger partial charge in [0.15, 0.2) is 17.3 Å². The zero-order valence-corrected chi connectivity index (χ0v) is 26.0. The molecule has 0 spiro atoms. The molecule has 4 aromatic carbocycles. The zero-order chi connectivity index (χ0) is 32.6. The second-order valence-electron chi connectivity index (χ2n) is 10.3. The van der Waals surface area contributed by atoms with Crippen LogP contribution in [0.5, 0.6) is 28.7 Å². The number of fused-ring (bicyclic) bond motifs is 1. The van der Waals surface area contributed by atoms with E-state index in [4.69, 9.17) is 28.4 Å². The van der Waals surface area contributed by atoms with Gasteiger partial charge in [-0.05, 0) is 66.1 Å². The normalized spacial score (nSPS) is 10.8. The first kappa shape index (κ1) is 31.9. The maximum Gasteiger partial charge on any atom is 0.343 e. The van der Waals surface area contributed by atoms with Crippen molar-refractivity contribution in [2.75, 3.05) is 21.3 Å². The predicted molar refractivity (Wildman–Crippen MR) is 171 cm³/mol. The number of benzene rings is 4. The van der Waals surface area contributed by atoms with Crippen molar-refractivity contribution < 1.29 is 37.6 Å². The average Bonchev–Trinajstić information content (AvgIpc) is 3.10. The molecule has 0 N–H and O–H groups in total. The fourth-order valence-electron chi connectivity index (χ4n) is 4.82. The molecule has 5 aromatic rings. The molecule has 1 aromatic heterocycles. The third-order valence-corrected chi connectivity index (χ3v) is 7.41. The van der Waals surface area contributed by atoms with Crippen LogP contribution in [0, 0.1) is 5.82 Å². The van der Waals surface area contributed by atoms with Crippen molar-refractivity contribution in [3.8, 4) is 28.7 Å². The van der Waals surface area contributed by atoms with Gasteiger partial charge in [-0.2, -0.15) is 0 Å². The number of halogens is 1. The van der Waals surface area contributed by atoms with E-state index in [1.807, 2.05) is 24.3 Å². The number of rotatable bonds is 13. The molecule has 0 amide bonds. The molecule has 46 heavy (non-hydrogen) atoms. The van der Waals surface area contributed by atoms with E-state index >= 15 is 4.39 Å². The SMILES string of the molecule is CCn1cc(C(=O)OCc2ccc(OC)cc2)c(=O)c2cc(OCc3ccc(OC)cc3)c(OCc3ccc(OC)cc3)c(F)c21. The van der Waals surface area contributed by atoms with Crippen molar-refractivity contribution in [2.45, 2.75) is 33.3 Å². The van der Waals surface area contributed by atoms with Gasteiger partial charge in [0.05, 0.1) is 32.2 Å². The summed E-state index contributed by atoms with van der Waals surface area (Å²) in [5.74, 6) is 0.254. The molecule has 5 rings (SSSR count). The lowest BCUT2D eigenvalue weighted by Gasteiger charge is -2.18. The molecule has 0 saturated carbocycles. The lowest BCUT2D eigenvalue weighted by Crippen LogP contribution is -2.21. The molecule has 238 valence electrons. The molecule has 0 bridgehead atoms. The number of aryl methyl sites for hydroxylation is 1. The van der Waals surface area contributed by atoms with Crippen LogP contribution in [0.1, 0.15) is 34.0 Å². The van der Waals surface area contributed by atoms with Gasteiger partial charge in [0.1, 0.15) is 42.6 Å². The van der Waals surface area contributed by atoms with E-state index in [0.29, 0.717) is 22.8 Å². The molecule has 0 unspecified atom stereocenters. The number of nitrogens with zero attached hydrogens (tertiary/aromatic N) is 1. The maximum atomic E-state index is 16.4. The van der Waals surface area contributed by atoms with E-state index in [2.05, 4.69) is 0 Å². The first-order chi connectivity index (χ1) is 22.3. The van der Waals surface area contributed by atoms with Crippen LogP contribution in [0.25, 0.3) is 10.9 Å². The highest BCUT2D eigenvalue weighted by molar-refractivity contribution is 5.95. The van der Waals surface area contributed by atoms with Gasteiger partial charge in [-0.15, -0.1) is 0 Å². The number of ether oxygens (including phenoxy) is 6. The molecule has 0 aliphatic rings. The molecule has 0 atom stereocenters. The van der Waals surface area contributed by atoms with Gasteiger partial charge in [-0.1, -0.05) is 36.4 Å². The molecule has 0 aliphatic carbocycles. The largest absolute Gasteiger partial charge is 0.497 e. The minimum absolute atomic E-state index is 0.0119. The van der Waals surface area contributed by atoms with Crippen LogP contribution in [-0.2, 0) is 31.1 Å². The summed E-state index contributed by atoms with van der Waals surface area (Å²) in [5, 5.41) is -0.0419. The molecule has 0 aliphatic heterocycles. The van der Waals surface area contributed by atoms with Crippen LogP contribution < -0.4 is 29.1 Å². The van der Waals surface area contributed by atoms with Crippen LogP contribution in [0.15, 0.2) is 89.9 Å². The third-order valence-electron chi connectivity index (χ3n) is 7.41. The highest BCUT2D eigenvalue weighted by Gasteiger charge is 2.24. The number of methoxy groups -OCH3 is 3. The van der Waals surface area contributed by atoms with E-state index in [1.165, 1.54) is 16.8 Å². The number of esters is 1. The van der Waals surface area contributed by atoms with Crippen LogP contribution >= 0.6 is 0 Å². The third kappa shape index (κ3) is 7.07. The quantitative estimate of drug-likeness (QED) is 0.133. The number of pyridine rings is 1. The van der Waals surface area contributed by atoms with E-state index < -0.39 is 17.2 Å². The smallest absolute Gasteiger partial charge is 0.343 e. The summed E-state index contributed by atoms with van der Waals surface area (Å²) < 4.78 is 51.1. The van der Waals surface area contributed by atoms with Gasteiger partial charge in [0, 0.05) is 12.7 Å². The van der Waals surface area contributed by atoms with Crippen molar-refractivity contribution in [1.29, 1.82) is 0 Å².